The molecule has 1 heterocycles. The van der Waals surface area contributed by atoms with Crippen LogP contribution in [0.5, 0.6) is 5.88 Å². The molecular weight excluding hydrogens is 376 g/mol. The van der Waals surface area contributed by atoms with Crippen LogP contribution in [0.2, 0.25) is 0 Å². The van der Waals surface area contributed by atoms with Gasteiger partial charge >= 0.3 is 6.03 Å². The second-order valence-corrected chi connectivity index (χ2v) is 7.68. The second-order valence-electron chi connectivity index (χ2n) is 7.68. The quantitative estimate of drug-likeness (QED) is 0.605. The molecule has 0 fully saturated rings. The number of benzene rings is 1. The first kappa shape index (κ1) is 22.6. The van der Waals surface area contributed by atoms with Crippen molar-refractivity contribution in [1.29, 1.82) is 0 Å². The van der Waals surface area contributed by atoms with Crippen LogP contribution in [0.1, 0.15) is 44.9 Å². The van der Waals surface area contributed by atoms with Crippen molar-refractivity contribution in [2.45, 2.75) is 53.1 Å². The van der Waals surface area contributed by atoms with Crippen LogP contribution in [-0.2, 0) is 0 Å². The molecule has 2 rings (SSSR count). The molecule has 2 N–H and O–H groups in total. The molecule has 0 aliphatic rings. The van der Waals surface area contributed by atoms with E-state index in [1.807, 2.05) is 19.9 Å². The van der Waals surface area contributed by atoms with Gasteiger partial charge in [0.1, 0.15) is 11.5 Å². The number of aryl methyl sites for hydroxylation is 2. The average molecular weight is 405 g/mol. The van der Waals surface area contributed by atoms with Gasteiger partial charge in [-0.2, -0.15) is 0 Å². The Kier molecular flexibility index (Phi) is 7.53. The van der Waals surface area contributed by atoms with E-state index >= 15 is 0 Å². The molecule has 0 spiro atoms. The number of nitrogens with zero attached hydrogens (tertiary/aromatic N) is 1. The van der Waals surface area contributed by atoms with Gasteiger partial charge in [-0.3, -0.25) is 0 Å². The zero-order valence-corrected chi connectivity index (χ0v) is 17.7. The van der Waals surface area contributed by atoms with E-state index in [9.17, 15) is 13.6 Å². The number of hydrogen-bond acceptors (Lipinski definition) is 3. The Bertz CT molecular complexity index is 864. The molecule has 0 saturated carbocycles. The van der Waals surface area contributed by atoms with Gasteiger partial charge in [-0.05, 0) is 75.4 Å². The third-order valence-electron chi connectivity index (χ3n) is 4.26. The number of hydrogen-bond donors (Lipinski definition) is 2. The number of amides is 2. The Hall–Kier alpha value is -2.70. The fourth-order valence-electron chi connectivity index (χ4n) is 2.79. The Labute approximate surface area is 170 Å². The summed E-state index contributed by atoms with van der Waals surface area (Å²) in [6.07, 6.45) is 1.03. The highest BCUT2D eigenvalue weighted by molar-refractivity contribution is 5.90. The molecule has 0 atom stereocenters. The van der Waals surface area contributed by atoms with Crippen LogP contribution >= 0.6 is 0 Å². The van der Waals surface area contributed by atoms with Gasteiger partial charge in [0.25, 0.3) is 0 Å². The van der Waals surface area contributed by atoms with Crippen molar-refractivity contribution in [3.8, 4) is 17.0 Å². The minimum Gasteiger partial charge on any atom is -0.478 e. The number of pyridine rings is 1. The number of carbonyl (C=O) groups is 1. The molecule has 2 aromatic rings. The van der Waals surface area contributed by atoms with Crippen molar-refractivity contribution in [1.82, 2.24) is 10.3 Å². The van der Waals surface area contributed by atoms with Crippen molar-refractivity contribution < 1.29 is 18.3 Å². The van der Waals surface area contributed by atoms with Crippen LogP contribution < -0.4 is 15.4 Å². The van der Waals surface area contributed by atoms with E-state index < -0.39 is 17.5 Å². The molecule has 5 nitrogen and oxygen atoms in total. The van der Waals surface area contributed by atoms with Gasteiger partial charge in [0.05, 0.1) is 12.3 Å². The summed E-state index contributed by atoms with van der Waals surface area (Å²) in [6, 6.07) is 6.06. The van der Waals surface area contributed by atoms with Crippen LogP contribution in [0.25, 0.3) is 11.1 Å². The lowest BCUT2D eigenvalue weighted by atomic mass is 9.99. The molecule has 7 heteroatoms. The summed E-state index contributed by atoms with van der Waals surface area (Å²) >= 11 is 0. The third-order valence-corrected chi connectivity index (χ3v) is 4.26. The molecule has 158 valence electrons. The zero-order valence-electron chi connectivity index (χ0n) is 17.7. The number of urea groups is 1. The van der Waals surface area contributed by atoms with Crippen LogP contribution in [0, 0.1) is 19.7 Å². The van der Waals surface area contributed by atoms with Gasteiger partial charge in [-0.15, -0.1) is 0 Å². The van der Waals surface area contributed by atoms with E-state index in [1.165, 1.54) is 19.9 Å². The molecule has 0 unspecified atom stereocenters. The average Bonchev–Trinajstić information content (AvgIpc) is 2.60. The maximum absolute atomic E-state index is 14.4. The molecule has 1 aromatic carbocycles. The van der Waals surface area contributed by atoms with Gasteiger partial charge in [0.15, 0.2) is 0 Å². The summed E-state index contributed by atoms with van der Waals surface area (Å²) in [5.41, 5.74) is 1.75. The molecule has 0 aliphatic heterocycles. The van der Waals surface area contributed by atoms with E-state index in [-0.39, 0.29) is 18.7 Å². The molecule has 1 aromatic heterocycles. The Morgan fingerprint density at radius 3 is 2.59 bits per heavy atom. The van der Waals surface area contributed by atoms with Crippen LogP contribution in [-0.4, -0.2) is 29.8 Å². The number of anilines is 1. The maximum atomic E-state index is 14.4. The summed E-state index contributed by atoms with van der Waals surface area (Å²) < 4.78 is 33.5. The fourth-order valence-corrected chi connectivity index (χ4v) is 2.79. The lowest BCUT2D eigenvalue weighted by molar-refractivity contribution is 0.200. The highest BCUT2D eigenvalue weighted by Gasteiger charge is 2.16. The van der Waals surface area contributed by atoms with E-state index in [0.29, 0.717) is 12.5 Å². The standard InChI is InChI=1S/C22H29F2N3O2/c1-6-9-29-20-12-16(11-15(3)26-20)17-13-19(18(23)10-14(17)2)27-21(28)25-8-7-22(4,5)24/h10-13H,6-9H2,1-5H3,(H2,25,27,28). The number of ether oxygens (including phenoxy) is 1. The topological polar surface area (TPSA) is 63.2 Å². The SMILES string of the molecule is CCCOc1cc(-c2cc(NC(=O)NCCC(C)(C)F)c(F)cc2C)cc(C)n1. The lowest BCUT2D eigenvalue weighted by Gasteiger charge is -2.16. The minimum absolute atomic E-state index is 0.0492. The Balaban J connectivity index is 2.23. The number of halogens is 2. The number of carbonyl (C=O) groups excluding carboxylic acids is 1. The van der Waals surface area contributed by atoms with E-state index in [0.717, 1.165) is 28.8 Å². The summed E-state index contributed by atoms with van der Waals surface area (Å²) in [6.45, 7) is 9.26. The normalized spacial score (nSPS) is 11.3. The number of aromatic nitrogens is 1. The monoisotopic (exact) mass is 405 g/mol. The van der Waals surface area contributed by atoms with Gasteiger partial charge in [-0.25, -0.2) is 18.6 Å². The first-order valence-corrected chi connectivity index (χ1v) is 9.75. The van der Waals surface area contributed by atoms with Crippen LogP contribution in [0.3, 0.4) is 0 Å². The van der Waals surface area contributed by atoms with Crippen LogP contribution in [0.15, 0.2) is 24.3 Å². The highest BCUT2D eigenvalue weighted by Crippen LogP contribution is 2.31. The molecule has 29 heavy (non-hydrogen) atoms. The van der Waals surface area contributed by atoms with Gasteiger partial charge in [0, 0.05) is 18.3 Å². The van der Waals surface area contributed by atoms with E-state index in [2.05, 4.69) is 15.6 Å². The summed E-state index contributed by atoms with van der Waals surface area (Å²) in [5, 5.41) is 5.05. The first-order valence-electron chi connectivity index (χ1n) is 9.75. The third kappa shape index (κ3) is 7.00. The van der Waals surface area contributed by atoms with E-state index in [4.69, 9.17) is 4.74 Å². The predicted octanol–water partition coefficient (Wildman–Crippen LogP) is 5.55. The number of alkyl halides is 1. The van der Waals surface area contributed by atoms with Crippen molar-refractivity contribution in [2.24, 2.45) is 0 Å². The molecule has 0 bridgehead atoms. The van der Waals surface area contributed by atoms with Gasteiger partial charge in [-0.1, -0.05) is 6.92 Å². The fraction of sp³-hybridized carbons (Fsp3) is 0.455. The van der Waals surface area contributed by atoms with Crippen molar-refractivity contribution in [2.75, 3.05) is 18.5 Å². The zero-order chi connectivity index (χ0) is 21.6. The minimum atomic E-state index is -1.38. The van der Waals surface area contributed by atoms with E-state index in [1.54, 1.807) is 19.1 Å². The molecule has 2 amide bonds. The summed E-state index contributed by atoms with van der Waals surface area (Å²) in [5.74, 6) is -0.0351. The molecule has 0 saturated heterocycles. The molecular formula is C22H29F2N3O2. The smallest absolute Gasteiger partial charge is 0.319 e. The summed E-state index contributed by atoms with van der Waals surface area (Å²) in [7, 11) is 0. The molecule has 0 radical (unpaired) electrons. The Morgan fingerprint density at radius 2 is 1.93 bits per heavy atom. The maximum Gasteiger partial charge on any atom is 0.319 e. The highest BCUT2D eigenvalue weighted by atomic mass is 19.1. The van der Waals surface area contributed by atoms with Gasteiger partial charge < -0.3 is 15.4 Å². The lowest BCUT2D eigenvalue weighted by Crippen LogP contribution is -2.32. The number of nitrogens with one attached hydrogen (secondary N) is 2. The molecule has 0 aliphatic carbocycles. The van der Waals surface area contributed by atoms with Gasteiger partial charge in [0.2, 0.25) is 5.88 Å². The predicted molar refractivity (Wildman–Crippen MR) is 112 cm³/mol. The summed E-state index contributed by atoms with van der Waals surface area (Å²) in [4.78, 5) is 16.4. The van der Waals surface area contributed by atoms with Crippen molar-refractivity contribution in [3.63, 3.8) is 0 Å². The van der Waals surface area contributed by atoms with Crippen LogP contribution in [0.4, 0.5) is 19.3 Å². The van der Waals surface area contributed by atoms with Crippen molar-refractivity contribution >= 4 is 11.7 Å². The largest absolute Gasteiger partial charge is 0.478 e. The number of rotatable bonds is 8. The van der Waals surface area contributed by atoms with Crippen molar-refractivity contribution in [3.05, 3.63) is 41.3 Å². The second kappa shape index (κ2) is 9.67. The first-order chi connectivity index (χ1) is 13.6. The Morgan fingerprint density at radius 1 is 1.21 bits per heavy atom.